The fraction of sp³-hybridized carbons (Fsp3) is 1.00. The molecule has 0 amide bonds. The van der Waals surface area contributed by atoms with E-state index in [2.05, 4.69) is 9.47 Å². The van der Waals surface area contributed by atoms with Gasteiger partial charge in [-0.15, -0.1) is 0 Å². The Bertz CT molecular complexity index is 73.3. The van der Waals surface area contributed by atoms with E-state index < -0.39 is 8.02 Å². The predicted octanol–water partition coefficient (Wildman–Crippen LogP) is -0.240. The summed E-state index contributed by atoms with van der Waals surface area (Å²) in [5.41, 5.74) is 4.71. The molecule has 5 nitrogen and oxygen atoms in total. The molecule has 0 aliphatic rings. The molecule has 3 N–H and O–H groups in total. The molecule has 0 aliphatic carbocycles. The number of rotatable bonds is 2. The molecule has 44 valence electrons. The standard InChI is InChI=1S/CH7N2O3P/c1-6-7(2,5)3-4/h5,7H,2H2,1H3. The predicted molar refractivity (Wildman–Crippen MR) is 27.5 cm³/mol. The Kier molecular flexibility index (Phi) is 2.25. The van der Waals surface area contributed by atoms with Crippen molar-refractivity contribution in [3.63, 3.8) is 0 Å². The van der Waals surface area contributed by atoms with Crippen molar-refractivity contribution >= 4 is 8.02 Å². The summed E-state index contributed by atoms with van der Waals surface area (Å²) in [6.45, 7) is 0. The summed E-state index contributed by atoms with van der Waals surface area (Å²) in [6.07, 6.45) is 0. The number of nitrogens with zero attached hydrogens (tertiary/aromatic N) is 1. The summed E-state index contributed by atoms with van der Waals surface area (Å²) >= 11 is 0. The van der Waals surface area contributed by atoms with Gasteiger partial charge in [0.05, 0.1) is 0 Å². The third-order valence-corrected chi connectivity index (χ3v) is 1.29. The first kappa shape index (κ1) is 6.91. The van der Waals surface area contributed by atoms with Crippen molar-refractivity contribution in [3.8, 4) is 0 Å². The van der Waals surface area contributed by atoms with Crippen molar-refractivity contribution in [2.24, 2.45) is 10.5 Å². The third-order valence-electron chi connectivity index (χ3n) is 0.431. The number of hydrogen-bond acceptors (Lipinski definition) is 5. The molecular weight excluding hydrogens is 119 g/mol. The van der Waals surface area contributed by atoms with Gasteiger partial charge in [0, 0.05) is 0 Å². The fourth-order valence-corrected chi connectivity index (χ4v) is 0.112. The van der Waals surface area contributed by atoms with Crippen molar-refractivity contribution in [1.82, 2.24) is 0 Å². The molecule has 7 heavy (non-hydrogen) atoms. The molecule has 0 saturated carbocycles. The van der Waals surface area contributed by atoms with Crippen LogP contribution in [0.5, 0.6) is 0 Å². The van der Waals surface area contributed by atoms with E-state index in [9.17, 15) is 4.91 Å². The van der Waals surface area contributed by atoms with Gasteiger partial charge in [-0.2, -0.15) is 0 Å². The van der Waals surface area contributed by atoms with E-state index in [1.165, 1.54) is 0 Å². The molecule has 0 aliphatic heterocycles. The van der Waals surface area contributed by atoms with Crippen molar-refractivity contribution in [2.45, 2.75) is 0 Å². The van der Waals surface area contributed by atoms with Gasteiger partial charge in [0.2, 0.25) is 0 Å². The van der Waals surface area contributed by atoms with E-state index in [1.807, 2.05) is 0 Å². The molecule has 0 aromatic carbocycles. The summed E-state index contributed by atoms with van der Waals surface area (Å²) in [7, 11) is -2.45. The molecule has 0 radical (unpaired) electrons. The molecule has 0 unspecified atom stereocenters. The van der Waals surface area contributed by atoms with Gasteiger partial charge in [-0.05, 0) is 0 Å². The Morgan fingerprint density at radius 2 is 2.43 bits per heavy atom. The van der Waals surface area contributed by atoms with Crippen LogP contribution in [0.15, 0.2) is 4.95 Å². The van der Waals surface area contributed by atoms with Crippen LogP contribution in [0.3, 0.4) is 0 Å². The van der Waals surface area contributed by atoms with Crippen LogP contribution in [0.25, 0.3) is 0 Å². The molecule has 0 spiro atoms. The first-order valence-electron chi connectivity index (χ1n) is 1.53. The molecule has 0 atom stereocenters. The third kappa shape index (κ3) is 2.59. The zero-order valence-electron chi connectivity index (χ0n) is 3.79. The second-order valence-electron chi connectivity index (χ2n) is 0.954. The van der Waals surface area contributed by atoms with Crippen molar-refractivity contribution < 1.29 is 9.42 Å². The van der Waals surface area contributed by atoms with Crippen LogP contribution in [0.1, 0.15) is 0 Å². The van der Waals surface area contributed by atoms with Crippen LogP contribution in [0, 0.1) is 4.91 Å². The zero-order valence-corrected chi connectivity index (χ0v) is 4.79. The van der Waals surface area contributed by atoms with Gasteiger partial charge in [0.25, 0.3) is 0 Å². The van der Waals surface area contributed by atoms with Gasteiger partial charge in [0.1, 0.15) is 0 Å². The van der Waals surface area contributed by atoms with Gasteiger partial charge in [-0.1, -0.05) is 0 Å². The minimum absolute atomic E-state index is 1.13. The maximum atomic E-state index is 9.37. The van der Waals surface area contributed by atoms with Crippen molar-refractivity contribution in [2.75, 3.05) is 7.11 Å². The van der Waals surface area contributed by atoms with Gasteiger partial charge >= 0.3 is 39.9 Å². The first-order valence-corrected chi connectivity index (χ1v) is 3.41. The molecule has 0 saturated heterocycles. The average molecular weight is 126 g/mol. The fourth-order valence-electron chi connectivity index (χ4n) is 0.0373. The molecule has 0 fully saturated rings. The van der Waals surface area contributed by atoms with Crippen LogP contribution in [-0.4, -0.2) is 12.0 Å². The maximum absolute atomic E-state index is 9.37. The number of nitroso groups, excluding NO2 is 1. The van der Waals surface area contributed by atoms with Gasteiger partial charge in [0.15, 0.2) is 0 Å². The Morgan fingerprint density at radius 3 is 2.43 bits per heavy atom. The molecule has 0 rings (SSSR count). The Labute approximate surface area is 41.1 Å². The van der Waals surface area contributed by atoms with Gasteiger partial charge in [-0.25, -0.2) is 0 Å². The zero-order chi connectivity index (χ0) is 5.91. The summed E-state index contributed by atoms with van der Waals surface area (Å²) in [5, 5.41) is 0. The molecule has 0 bridgehead atoms. The van der Waals surface area contributed by atoms with Crippen molar-refractivity contribution in [1.29, 1.82) is 0 Å². The van der Waals surface area contributed by atoms with E-state index in [0.717, 1.165) is 7.11 Å². The first-order chi connectivity index (χ1) is 3.12. The number of nitrogens with two attached hydrogens (primary N) is 1. The Morgan fingerprint density at radius 1 is 2.00 bits per heavy atom. The van der Waals surface area contributed by atoms with Crippen LogP contribution < -0.4 is 5.50 Å². The second-order valence-corrected chi connectivity index (χ2v) is 2.86. The summed E-state index contributed by atoms with van der Waals surface area (Å²) in [5.74, 6) is 0. The van der Waals surface area contributed by atoms with Crippen molar-refractivity contribution in [3.05, 3.63) is 4.91 Å². The second kappa shape index (κ2) is 2.28. The van der Waals surface area contributed by atoms with E-state index in [0.29, 0.717) is 0 Å². The van der Waals surface area contributed by atoms with Gasteiger partial charge < -0.3 is 0 Å². The topological polar surface area (TPSA) is 84.9 Å². The average Bonchev–Trinajstić information content (AvgIpc) is 1.68. The van der Waals surface area contributed by atoms with Crippen LogP contribution in [0.4, 0.5) is 0 Å². The van der Waals surface area contributed by atoms with Crippen LogP contribution in [-0.2, 0) is 4.52 Å². The SMILES string of the molecule is CO[PH](N)(O)N=O. The summed E-state index contributed by atoms with van der Waals surface area (Å²) in [6, 6.07) is 0. The van der Waals surface area contributed by atoms with E-state index in [-0.39, 0.29) is 0 Å². The molecule has 0 heterocycles. The minimum atomic E-state index is -3.58. The molecule has 0 aromatic rings. The molecule has 0 aromatic heterocycles. The summed E-state index contributed by atoms with van der Waals surface area (Å²) < 4.78 is 4.08. The van der Waals surface area contributed by atoms with Crippen LogP contribution >= 0.6 is 8.02 Å². The normalized spacial score (nSPS) is 13.6. The number of hydrogen-bond donors (Lipinski definition) is 2. The molecule has 6 heteroatoms. The van der Waals surface area contributed by atoms with E-state index in [1.54, 1.807) is 0 Å². The monoisotopic (exact) mass is 126 g/mol. The Hall–Kier alpha value is -0.0900. The van der Waals surface area contributed by atoms with Gasteiger partial charge in [-0.3, -0.25) is 0 Å². The van der Waals surface area contributed by atoms with E-state index in [4.69, 9.17) is 10.4 Å². The Balaban J connectivity index is 3.58. The van der Waals surface area contributed by atoms with Crippen LogP contribution in [0.2, 0.25) is 0 Å². The quantitative estimate of drug-likeness (QED) is 0.395. The molecular formula is CH7N2O3P. The summed E-state index contributed by atoms with van der Waals surface area (Å²) in [4.78, 5) is 19.9. The van der Waals surface area contributed by atoms with E-state index >= 15 is 0 Å².